The van der Waals surface area contributed by atoms with Crippen LogP contribution in [0.2, 0.25) is 0 Å². The average molecular weight is 295 g/mol. The number of rotatable bonds is 5. The molecule has 7 heteroatoms. The fourth-order valence-electron chi connectivity index (χ4n) is 1.99. The lowest BCUT2D eigenvalue weighted by Crippen LogP contribution is -2.48. The highest BCUT2D eigenvalue weighted by atomic mass is 16.2. The largest absolute Gasteiger partial charge is 0.350 e. The first kappa shape index (κ1) is 17.2. The Balaban J connectivity index is 2.70. The summed E-state index contributed by atoms with van der Waals surface area (Å²) in [7, 11) is 5.12. The molecule has 21 heavy (non-hydrogen) atoms. The maximum absolute atomic E-state index is 12.4. The number of hydrogen-bond donors (Lipinski definition) is 2. The summed E-state index contributed by atoms with van der Waals surface area (Å²) >= 11 is 0. The van der Waals surface area contributed by atoms with Crippen molar-refractivity contribution in [3.8, 4) is 0 Å². The third kappa shape index (κ3) is 5.18. The van der Waals surface area contributed by atoms with Crippen molar-refractivity contribution in [3.63, 3.8) is 0 Å². The van der Waals surface area contributed by atoms with Crippen LogP contribution in [0.25, 0.3) is 0 Å². The summed E-state index contributed by atoms with van der Waals surface area (Å²) in [5.41, 5.74) is 0.459. The summed E-state index contributed by atoms with van der Waals surface area (Å²) in [5, 5.41) is 9.86. The molecule has 2 N–H and O–H groups in total. The zero-order valence-corrected chi connectivity index (χ0v) is 13.6. The molecule has 1 aromatic rings. The first-order valence-electron chi connectivity index (χ1n) is 6.86. The van der Waals surface area contributed by atoms with Crippen LogP contribution in [-0.2, 0) is 16.6 Å². The Labute approximate surface area is 125 Å². The van der Waals surface area contributed by atoms with Gasteiger partial charge in [0.25, 0.3) is 0 Å². The van der Waals surface area contributed by atoms with Gasteiger partial charge in [0.15, 0.2) is 0 Å². The minimum atomic E-state index is -0.508. The lowest BCUT2D eigenvalue weighted by Gasteiger charge is -2.25. The molecule has 0 aromatic carbocycles. The van der Waals surface area contributed by atoms with E-state index in [0.29, 0.717) is 0 Å². The van der Waals surface area contributed by atoms with Gasteiger partial charge in [-0.3, -0.25) is 14.3 Å². The zero-order chi connectivity index (χ0) is 16.2. The molecule has 0 radical (unpaired) electrons. The Morgan fingerprint density at radius 2 is 2.05 bits per heavy atom. The number of carbonyl (C=O) groups is 2. The monoisotopic (exact) mass is 295 g/mol. The van der Waals surface area contributed by atoms with Gasteiger partial charge in [-0.25, -0.2) is 0 Å². The van der Waals surface area contributed by atoms with Gasteiger partial charge in [0.05, 0.1) is 12.7 Å². The van der Waals surface area contributed by atoms with Crippen LogP contribution in [0.4, 0.5) is 0 Å². The van der Waals surface area contributed by atoms with Gasteiger partial charge >= 0.3 is 0 Å². The highest BCUT2D eigenvalue weighted by molar-refractivity contribution is 5.88. The van der Waals surface area contributed by atoms with Gasteiger partial charge in [0.2, 0.25) is 11.8 Å². The van der Waals surface area contributed by atoms with E-state index in [4.69, 9.17) is 0 Å². The molecule has 118 valence electrons. The minimum Gasteiger partial charge on any atom is -0.350 e. The van der Waals surface area contributed by atoms with E-state index in [1.165, 1.54) is 4.90 Å². The van der Waals surface area contributed by atoms with Crippen molar-refractivity contribution in [1.29, 1.82) is 0 Å². The van der Waals surface area contributed by atoms with Crippen LogP contribution >= 0.6 is 0 Å². The Morgan fingerprint density at radius 3 is 2.48 bits per heavy atom. The number of carbonyl (C=O) groups excluding carboxylic acids is 2. The normalized spacial score (nSPS) is 12.9. The molecule has 0 bridgehead atoms. The number of hydrogen-bond acceptors (Lipinski definition) is 4. The van der Waals surface area contributed by atoms with Crippen LogP contribution in [0, 0.1) is 0 Å². The predicted octanol–water partition coefficient (Wildman–Crippen LogP) is 0.0537. The number of nitrogens with zero attached hydrogens (tertiary/aromatic N) is 3. The average Bonchev–Trinajstić information content (AvgIpc) is 2.73. The molecule has 7 nitrogen and oxygen atoms in total. The number of aromatic nitrogens is 2. The van der Waals surface area contributed by atoms with Crippen molar-refractivity contribution in [1.82, 2.24) is 25.3 Å². The van der Waals surface area contributed by atoms with Gasteiger partial charge in [-0.05, 0) is 27.8 Å². The van der Waals surface area contributed by atoms with Gasteiger partial charge in [-0.1, -0.05) is 0 Å². The smallest absolute Gasteiger partial charge is 0.244 e. The molecular weight excluding hydrogens is 270 g/mol. The molecule has 1 aromatic heterocycles. The second-order valence-electron chi connectivity index (χ2n) is 6.16. The molecule has 0 saturated heterocycles. The van der Waals surface area contributed by atoms with Crippen molar-refractivity contribution in [2.75, 3.05) is 20.6 Å². The van der Waals surface area contributed by atoms with Gasteiger partial charge < -0.3 is 15.5 Å². The standard InChI is InChI=1S/C14H25N5O2/c1-14(2,3)17-11(20)9-18(5)13(21)12(15-4)10-7-16-19(6)8-10/h7-8,12,15H,9H2,1-6H3,(H,17,20). The molecule has 2 amide bonds. The first-order chi connectivity index (χ1) is 9.64. The Bertz CT molecular complexity index is 504. The van der Waals surface area contributed by atoms with E-state index in [9.17, 15) is 9.59 Å². The van der Waals surface area contributed by atoms with Gasteiger partial charge in [0, 0.05) is 31.4 Å². The lowest BCUT2D eigenvalue weighted by atomic mass is 10.1. The quantitative estimate of drug-likeness (QED) is 0.805. The van der Waals surface area contributed by atoms with Crippen LogP contribution in [-0.4, -0.2) is 52.7 Å². The molecule has 0 aliphatic carbocycles. The molecule has 1 heterocycles. The second kappa shape index (κ2) is 6.71. The van der Waals surface area contributed by atoms with E-state index < -0.39 is 6.04 Å². The van der Waals surface area contributed by atoms with E-state index in [2.05, 4.69) is 15.7 Å². The van der Waals surface area contributed by atoms with E-state index >= 15 is 0 Å². The maximum Gasteiger partial charge on any atom is 0.244 e. The third-order valence-corrected chi connectivity index (χ3v) is 2.87. The zero-order valence-electron chi connectivity index (χ0n) is 13.6. The fourth-order valence-corrected chi connectivity index (χ4v) is 1.99. The Kier molecular flexibility index (Phi) is 5.48. The Morgan fingerprint density at radius 1 is 1.43 bits per heavy atom. The van der Waals surface area contributed by atoms with Gasteiger partial charge in [-0.2, -0.15) is 5.10 Å². The van der Waals surface area contributed by atoms with Crippen molar-refractivity contribution < 1.29 is 9.59 Å². The molecule has 1 atom stereocenters. The third-order valence-electron chi connectivity index (χ3n) is 2.87. The maximum atomic E-state index is 12.4. The summed E-state index contributed by atoms with van der Waals surface area (Å²) in [6.45, 7) is 5.73. The van der Waals surface area contributed by atoms with Crippen LogP contribution in [0.3, 0.4) is 0 Å². The number of aryl methyl sites for hydroxylation is 1. The molecule has 0 aliphatic rings. The number of amides is 2. The predicted molar refractivity (Wildman–Crippen MR) is 80.5 cm³/mol. The van der Waals surface area contributed by atoms with E-state index in [1.807, 2.05) is 20.8 Å². The van der Waals surface area contributed by atoms with Gasteiger partial charge in [0.1, 0.15) is 6.04 Å². The van der Waals surface area contributed by atoms with Crippen LogP contribution in [0.15, 0.2) is 12.4 Å². The van der Waals surface area contributed by atoms with Crippen molar-refractivity contribution in [3.05, 3.63) is 18.0 Å². The van der Waals surface area contributed by atoms with Crippen LogP contribution in [0.1, 0.15) is 32.4 Å². The minimum absolute atomic E-state index is 0.0224. The van der Waals surface area contributed by atoms with Crippen LogP contribution < -0.4 is 10.6 Å². The molecule has 0 aliphatic heterocycles. The highest BCUT2D eigenvalue weighted by Crippen LogP contribution is 2.13. The lowest BCUT2D eigenvalue weighted by molar-refractivity contribution is -0.136. The van der Waals surface area contributed by atoms with E-state index in [1.54, 1.807) is 38.2 Å². The fraction of sp³-hybridized carbons (Fsp3) is 0.643. The number of likely N-dealkylation sites (N-methyl/N-ethyl adjacent to an activating group) is 2. The number of nitrogens with one attached hydrogen (secondary N) is 2. The molecule has 1 rings (SSSR count). The molecule has 0 saturated carbocycles. The van der Waals surface area contributed by atoms with E-state index in [-0.39, 0.29) is 23.9 Å². The molecule has 0 fully saturated rings. The summed E-state index contributed by atoms with van der Waals surface area (Å²) in [6.07, 6.45) is 3.42. The van der Waals surface area contributed by atoms with Gasteiger partial charge in [-0.15, -0.1) is 0 Å². The van der Waals surface area contributed by atoms with E-state index in [0.717, 1.165) is 5.56 Å². The second-order valence-corrected chi connectivity index (χ2v) is 6.16. The van der Waals surface area contributed by atoms with Crippen LogP contribution in [0.5, 0.6) is 0 Å². The SMILES string of the molecule is CNC(C(=O)N(C)CC(=O)NC(C)(C)C)c1cnn(C)c1. The summed E-state index contributed by atoms with van der Waals surface area (Å²) in [6, 6.07) is -0.508. The first-order valence-corrected chi connectivity index (χ1v) is 6.86. The van der Waals surface area contributed by atoms with Crippen molar-refractivity contribution >= 4 is 11.8 Å². The highest BCUT2D eigenvalue weighted by Gasteiger charge is 2.25. The summed E-state index contributed by atoms with van der Waals surface area (Å²) in [4.78, 5) is 25.7. The van der Waals surface area contributed by atoms with Crippen molar-refractivity contribution in [2.45, 2.75) is 32.4 Å². The summed E-state index contributed by atoms with van der Waals surface area (Å²) < 4.78 is 1.64. The molecule has 0 spiro atoms. The summed E-state index contributed by atoms with van der Waals surface area (Å²) in [5.74, 6) is -0.353. The van der Waals surface area contributed by atoms with Crippen molar-refractivity contribution in [2.24, 2.45) is 7.05 Å². The molecule has 1 unspecified atom stereocenters. The Hall–Kier alpha value is -1.89. The molecular formula is C14H25N5O2. The topological polar surface area (TPSA) is 79.3 Å².